The Morgan fingerprint density at radius 1 is 0.625 bits per heavy atom. The fourth-order valence-electron chi connectivity index (χ4n) is 1.97. The lowest BCUT2D eigenvalue weighted by Crippen LogP contribution is -2.12. The normalized spacial score (nSPS) is 12.0. The molecule has 0 aliphatic carbocycles. The molecule has 0 saturated carbocycles. The van der Waals surface area contributed by atoms with Crippen LogP contribution in [0.1, 0.15) is 84.5 Å². The lowest BCUT2D eigenvalue weighted by atomic mass is 10.0. The van der Waals surface area contributed by atoms with Crippen molar-refractivity contribution in [3.63, 3.8) is 0 Å². The van der Waals surface area contributed by atoms with E-state index in [0.717, 1.165) is 12.8 Å². The second-order valence-electron chi connectivity index (χ2n) is 4.96. The average molecular weight is 263 g/mol. The largest absolute Gasteiger partial charge is 0.162 e. The first-order valence-electron chi connectivity index (χ1n) is 7.07. The van der Waals surface area contributed by atoms with Gasteiger partial charge in [0.1, 0.15) is 0 Å². The van der Waals surface area contributed by atoms with Crippen molar-refractivity contribution >= 4 is 25.3 Å². The molecule has 0 atom stereocenters. The predicted octanol–water partition coefficient (Wildman–Crippen LogP) is 5.87. The highest BCUT2D eigenvalue weighted by Gasteiger charge is 2.18. The lowest BCUT2D eigenvalue weighted by molar-refractivity contribution is 0.541. The summed E-state index contributed by atoms with van der Waals surface area (Å²) >= 11 is 9.33. The number of thiol groups is 2. The molecule has 0 aliphatic heterocycles. The molecule has 0 fully saturated rings. The van der Waals surface area contributed by atoms with E-state index in [1.807, 2.05) is 0 Å². The summed E-state index contributed by atoms with van der Waals surface area (Å²) in [6, 6.07) is 0. The maximum absolute atomic E-state index is 4.67. The van der Waals surface area contributed by atoms with Crippen LogP contribution in [0.3, 0.4) is 0 Å². The van der Waals surface area contributed by atoms with E-state index >= 15 is 0 Å². The molecule has 0 aliphatic rings. The molecular weight excluding hydrogens is 232 g/mol. The number of unbranched alkanes of at least 4 members (excludes halogenated alkanes) is 7. The molecule has 0 unspecified atom stereocenters. The zero-order chi connectivity index (χ0) is 12.3. The second kappa shape index (κ2) is 10.8. The summed E-state index contributed by atoms with van der Waals surface area (Å²) in [6.07, 6.45) is 14.4. The Hall–Kier alpha value is 0.700. The van der Waals surface area contributed by atoms with Crippen molar-refractivity contribution in [2.24, 2.45) is 0 Å². The third kappa shape index (κ3) is 11.2. The highest BCUT2D eigenvalue weighted by atomic mass is 32.2. The van der Waals surface area contributed by atoms with Crippen molar-refractivity contribution in [1.29, 1.82) is 0 Å². The Bertz CT molecular complexity index is 144. The highest BCUT2D eigenvalue weighted by Crippen LogP contribution is 2.32. The zero-order valence-electron chi connectivity index (χ0n) is 11.2. The van der Waals surface area contributed by atoms with Crippen LogP contribution in [0.2, 0.25) is 0 Å². The van der Waals surface area contributed by atoms with Crippen molar-refractivity contribution < 1.29 is 0 Å². The third-order valence-corrected chi connectivity index (χ3v) is 4.01. The first-order valence-corrected chi connectivity index (χ1v) is 7.96. The van der Waals surface area contributed by atoms with Gasteiger partial charge in [-0.2, -0.15) is 25.3 Å². The molecule has 16 heavy (non-hydrogen) atoms. The number of hydrogen-bond donors (Lipinski definition) is 2. The van der Waals surface area contributed by atoms with Gasteiger partial charge in [0.2, 0.25) is 0 Å². The van der Waals surface area contributed by atoms with Crippen molar-refractivity contribution in [2.45, 2.75) is 88.6 Å². The van der Waals surface area contributed by atoms with E-state index in [1.54, 1.807) is 0 Å². The van der Waals surface area contributed by atoms with Crippen LogP contribution < -0.4 is 0 Å². The van der Waals surface area contributed by atoms with Gasteiger partial charge in [-0.05, 0) is 12.8 Å². The molecule has 0 bridgehead atoms. The van der Waals surface area contributed by atoms with E-state index in [0.29, 0.717) is 0 Å². The average Bonchev–Trinajstić information content (AvgIpc) is 2.23. The highest BCUT2D eigenvalue weighted by molar-refractivity contribution is 8.00. The van der Waals surface area contributed by atoms with E-state index in [9.17, 15) is 0 Å². The monoisotopic (exact) mass is 262 g/mol. The van der Waals surface area contributed by atoms with Gasteiger partial charge in [0.05, 0.1) is 4.08 Å². The smallest absolute Gasteiger partial charge is 0.0552 e. The summed E-state index contributed by atoms with van der Waals surface area (Å²) in [5.74, 6) is 0. The number of hydrogen-bond acceptors (Lipinski definition) is 2. The summed E-state index contributed by atoms with van der Waals surface area (Å²) < 4.78 is -0.0140. The minimum atomic E-state index is -0.0140. The fraction of sp³-hybridized carbons (Fsp3) is 1.00. The van der Waals surface area contributed by atoms with Crippen molar-refractivity contribution in [3.05, 3.63) is 0 Å². The standard InChI is InChI=1S/C14H30S2/c1-3-5-7-8-9-11-13-14(15,16)12-10-6-4-2/h15-16H,3-13H2,1-2H3. The lowest BCUT2D eigenvalue weighted by Gasteiger charge is -2.22. The Morgan fingerprint density at radius 2 is 1.00 bits per heavy atom. The van der Waals surface area contributed by atoms with E-state index in [-0.39, 0.29) is 4.08 Å². The molecule has 0 amide bonds. The van der Waals surface area contributed by atoms with Gasteiger partial charge in [0, 0.05) is 0 Å². The third-order valence-electron chi connectivity index (χ3n) is 3.11. The first kappa shape index (κ1) is 16.7. The Kier molecular flexibility index (Phi) is 11.3. The van der Waals surface area contributed by atoms with Crippen LogP contribution >= 0.6 is 25.3 Å². The van der Waals surface area contributed by atoms with Gasteiger partial charge in [-0.1, -0.05) is 71.6 Å². The summed E-state index contributed by atoms with van der Waals surface area (Å²) in [5.41, 5.74) is 0. The summed E-state index contributed by atoms with van der Waals surface area (Å²) in [5, 5.41) is 0. The summed E-state index contributed by atoms with van der Waals surface area (Å²) in [6.45, 7) is 4.51. The van der Waals surface area contributed by atoms with Crippen molar-refractivity contribution in [3.8, 4) is 0 Å². The molecule has 0 rings (SSSR count). The van der Waals surface area contributed by atoms with Crippen LogP contribution in [0.25, 0.3) is 0 Å². The maximum atomic E-state index is 4.67. The Labute approximate surface area is 114 Å². The fourth-order valence-corrected chi connectivity index (χ4v) is 2.60. The molecule has 0 nitrogen and oxygen atoms in total. The Morgan fingerprint density at radius 3 is 1.56 bits per heavy atom. The van der Waals surface area contributed by atoms with E-state index in [4.69, 9.17) is 0 Å². The molecule has 0 radical (unpaired) electrons. The minimum absolute atomic E-state index is 0.0140. The van der Waals surface area contributed by atoms with E-state index < -0.39 is 0 Å². The van der Waals surface area contributed by atoms with Crippen LogP contribution in [0.4, 0.5) is 0 Å². The molecule has 2 heteroatoms. The predicted molar refractivity (Wildman–Crippen MR) is 82.8 cm³/mol. The molecule has 0 aromatic rings. The SMILES string of the molecule is CCCCCCCCC(S)(S)CCCCC. The van der Waals surface area contributed by atoms with Crippen LogP contribution in [-0.2, 0) is 0 Å². The molecular formula is C14H30S2. The van der Waals surface area contributed by atoms with Gasteiger partial charge in [0.15, 0.2) is 0 Å². The van der Waals surface area contributed by atoms with Crippen molar-refractivity contribution in [1.82, 2.24) is 0 Å². The van der Waals surface area contributed by atoms with Gasteiger partial charge in [-0.25, -0.2) is 0 Å². The Balaban J connectivity index is 3.35. The summed E-state index contributed by atoms with van der Waals surface area (Å²) in [7, 11) is 0. The van der Waals surface area contributed by atoms with Crippen LogP contribution in [-0.4, -0.2) is 4.08 Å². The van der Waals surface area contributed by atoms with Crippen molar-refractivity contribution in [2.75, 3.05) is 0 Å². The van der Waals surface area contributed by atoms with E-state index in [1.165, 1.54) is 57.8 Å². The molecule has 0 saturated heterocycles. The molecule has 0 spiro atoms. The van der Waals surface area contributed by atoms with Crippen LogP contribution in [0.5, 0.6) is 0 Å². The zero-order valence-corrected chi connectivity index (χ0v) is 13.0. The van der Waals surface area contributed by atoms with Gasteiger partial charge in [-0.3, -0.25) is 0 Å². The topological polar surface area (TPSA) is 0 Å². The van der Waals surface area contributed by atoms with Gasteiger partial charge in [0.25, 0.3) is 0 Å². The minimum Gasteiger partial charge on any atom is -0.162 e. The first-order chi connectivity index (χ1) is 7.62. The van der Waals surface area contributed by atoms with Gasteiger partial charge in [-0.15, -0.1) is 0 Å². The molecule has 0 aromatic heterocycles. The van der Waals surface area contributed by atoms with E-state index in [2.05, 4.69) is 39.1 Å². The molecule has 98 valence electrons. The van der Waals surface area contributed by atoms with Gasteiger partial charge >= 0.3 is 0 Å². The molecule has 0 N–H and O–H groups in total. The maximum Gasteiger partial charge on any atom is 0.0552 e. The van der Waals surface area contributed by atoms with Crippen LogP contribution in [0, 0.1) is 0 Å². The second-order valence-corrected chi connectivity index (χ2v) is 7.02. The molecule has 0 aromatic carbocycles. The quantitative estimate of drug-likeness (QED) is 0.259. The number of rotatable bonds is 11. The van der Waals surface area contributed by atoms with Crippen LogP contribution in [0.15, 0.2) is 0 Å². The summed E-state index contributed by atoms with van der Waals surface area (Å²) in [4.78, 5) is 0. The molecule has 0 heterocycles. The van der Waals surface area contributed by atoms with Gasteiger partial charge < -0.3 is 0 Å².